The third-order valence-electron chi connectivity index (χ3n) is 1.24. The minimum Gasteiger partial charge on any atom is -0.0881 e. The molecule has 45 valence electrons. The molecule has 0 atom stereocenters. The molecule has 0 amide bonds. The van der Waals surface area contributed by atoms with Gasteiger partial charge in [0.2, 0.25) is 0 Å². The Hall–Kier alpha value is -0.690. The quantitative estimate of drug-likeness (QED) is 0.532. The normalized spacial score (nSPS) is 9.00. The van der Waals surface area contributed by atoms with Crippen LogP contribution in [0.15, 0.2) is 18.2 Å². The first kappa shape index (κ1) is 6.43. The zero-order valence-corrected chi connectivity index (χ0v) is 6.03. The molecule has 0 spiro atoms. The van der Waals surface area contributed by atoms with E-state index in [4.69, 9.17) is 12.2 Å². The van der Waals surface area contributed by atoms with Gasteiger partial charge in [0, 0.05) is 5.37 Å². The van der Waals surface area contributed by atoms with Crippen LogP contribution in [0.2, 0.25) is 0 Å². The fourth-order valence-corrected chi connectivity index (χ4v) is 0.922. The van der Waals surface area contributed by atoms with Gasteiger partial charge in [-0.2, -0.15) is 0 Å². The van der Waals surface area contributed by atoms with Gasteiger partial charge in [-0.3, -0.25) is 0 Å². The van der Waals surface area contributed by atoms with E-state index >= 15 is 0 Å². The van der Waals surface area contributed by atoms with Gasteiger partial charge in [-0.25, -0.2) is 0 Å². The van der Waals surface area contributed by atoms with Crippen molar-refractivity contribution < 1.29 is 0 Å². The van der Waals surface area contributed by atoms with Gasteiger partial charge in [-0.15, -0.1) is 0 Å². The van der Waals surface area contributed by atoms with E-state index in [0.29, 0.717) is 0 Å². The topological polar surface area (TPSA) is 0 Å². The summed E-state index contributed by atoms with van der Waals surface area (Å²) in [6.07, 6.45) is 0. The summed E-state index contributed by atoms with van der Waals surface area (Å²) in [6.45, 7) is 2.02. The van der Waals surface area contributed by atoms with Crippen LogP contribution in [-0.4, -0.2) is 5.37 Å². The molecule has 1 aromatic carbocycles. The second-order valence-electron chi connectivity index (χ2n) is 1.90. The molecular formula is C8H7S. The van der Waals surface area contributed by atoms with Gasteiger partial charge in [0.1, 0.15) is 0 Å². The van der Waals surface area contributed by atoms with Crippen molar-refractivity contribution in [3.63, 3.8) is 0 Å². The summed E-state index contributed by atoms with van der Waals surface area (Å²) in [7, 11) is 0. The summed E-state index contributed by atoms with van der Waals surface area (Å²) in [5, 5.41) is 1.68. The Bertz CT molecular complexity index is 216. The first-order valence-electron chi connectivity index (χ1n) is 2.76. The van der Waals surface area contributed by atoms with Crippen molar-refractivity contribution in [2.24, 2.45) is 0 Å². The minimum atomic E-state index is 1.11. The first-order valence-corrected chi connectivity index (χ1v) is 3.23. The van der Waals surface area contributed by atoms with Crippen LogP contribution in [0.4, 0.5) is 0 Å². The molecule has 0 unspecified atom stereocenters. The zero-order chi connectivity index (χ0) is 6.69. The molecule has 0 saturated carbocycles. The van der Waals surface area contributed by atoms with Crippen molar-refractivity contribution in [2.45, 2.75) is 6.92 Å². The highest BCUT2D eigenvalue weighted by Gasteiger charge is 1.88. The van der Waals surface area contributed by atoms with Crippen molar-refractivity contribution in [2.75, 3.05) is 0 Å². The van der Waals surface area contributed by atoms with Gasteiger partial charge in [0.05, 0.1) is 0 Å². The number of aryl methyl sites for hydroxylation is 1. The maximum Gasteiger partial charge on any atom is 0.00887 e. The van der Waals surface area contributed by atoms with Gasteiger partial charge in [0.15, 0.2) is 0 Å². The second kappa shape index (κ2) is 2.74. The Kier molecular flexibility index (Phi) is 1.96. The van der Waals surface area contributed by atoms with Crippen LogP contribution in [0, 0.1) is 13.0 Å². The Morgan fingerprint density at radius 3 is 2.89 bits per heavy atom. The Morgan fingerprint density at radius 2 is 2.44 bits per heavy atom. The number of rotatable bonds is 1. The van der Waals surface area contributed by atoms with E-state index in [1.54, 1.807) is 5.37 Å². The summed E-state index contributed by atoms with van der Waals surface area (Å²) >= 11 is 4.77. The van der Waals surface area contributed by atoms with Gasteiger partial charge >= 0.3 is 0 Å². The lowest BCUT2D eigenvalue weighted by Gasteiger charge is -1.93. The molecule has 0 aliphatic carbocycles. The van der Waals surface area contributed by atoms with Crippen LogP contribution in [0.3, 0.4) is 0 Å². The number of hydrogen-bond donors (Lipinski definition) is 0. The Balaban J connectivity index is 3.15. The molecule has 0 saturated heterocycles. The Labute approximate surface area is 60.5 Å². The Morgan fingerprint density at radius 1 is 1.67 bits per heavy atom. The van der Waals surface area contributed by atoms with E-state index in [1.807, 2.05) is 25.1 Å². The third kappa shape index (κ3) is 1.36. The van der Waals surface area contributed by atoms with Gasteiger partial charge < -0.3 is 0 Å². The molecule has 0 aliphatic rings. The van der Waals surface area contributed by atoms with E-state index in [2.05, 4.69) is 6.07 Å². The molecule has 1 heteroatoms. The number of benzene rings is 1. The molecule has 1 radical (unpaired) electrons. The molecule has 0 fully saturated rings. The maximum atomic E-state index is 4.77. The summed E-state index contributed by atoms with van der Waals surface area (Å²) in [4.78, 5) is 0. The average Bonchev–Trinajstić information content (AvgIpc) is 1.89. The molecule has 1 aromatic rings. The van der Waals surface area contributed by atoms with Crippen molar-refractivity contribution in [3.8, 4) is 0 Å². The second-order valence-corrected chi connectivity index (χ2v) is 2.14. The predicted octanol–water partition coefficient (Wildman–Crippen LogP) is 2.14. The van der Waals surface area contributed by atoms with Crippen molar-refractivity contribution >= 4 is 17.6 Å². The van der Waals surface area contributed by atoms with E-state index in [1.165, 1.54) is 5.56 Å². The van der Waals surface area contributed by atoms with E-state index in [0.717, 1.165) is 5.56 Å². The molecule has 0 bridgehead atoms. The van der Waals surface area contributed by atoms with Crippen molar-refractivity contribution in [3.05, 3.63) is 35.4 Å². The number of hydrogen-bond acceptors (Lipinski definition) is 1. The van der Waals surface area contributed by atoms with Crippen LogP contribution in [-0.2, 0) is 0 Å². The van der Waals surface area contributed by atoms with Crippen LogP contribution >= 0.6 is 12.2 Å². The molecule has 0 aliphatic heterocycles. The first-order chi connectivity index (χ1) is 4.34. The monoisotopic (exact) mass is 135 g/mol. The summed E-state index contributed by atoms with van der Waals surface area (Å²) in [6, 6.07) is 8.72. The van der Waals surface area contributed by atoms with Gasteiger partial charge in [-0.1, -0.05) is 30.4 Å². The minimum absolute atomic E-state index is 1.11. The van der Waals surface area contributed by atoms with Crippen LogP contribution < -0.4 is 0 Å². The molecule has 0 nitrogen and oxygen atoms in total. The summed E-state index contributed by atoms with van der Waals surface area (Å²) < 4.78 is 0. The maximum absolute atomic E-state index is 4.77. The highest BCUT2D eigenvalue weighted by atomic mass is 32.1. The SMILES string of the molecule is Cc1c[c]ccc1C=S. The van der Waals surface area contributed by atoms with Crippen molar-refractivity contribution in [1.82, 2.24) is 0 Å². The van der Waals surface area contributed by atoms with Crippen LogP contribution in [0.25, 0.3) is 0 Å². The van der Waals surface area contributed by atoms with Gasteiger partial charge in [-0.05, 0) is 24.1 Å². The molecule has 1 rings (SSSR count). The number of thiocarbonyl (C=S) groups is 1. The fraction of sp³-hybridized carbons (Fsp3) is 0.125. The van der Waals surface area contributed by atoms with E-state index in [9.17, 15) is 0 Å². The predicted molar refractivity (Wildman–Crippen MR) is 42.8 cm³/mol. The zero-order valence-electron chi connectivity index (χ0n) is 5.22. The summed E-state index contributed by atoms with van der Waals surface area (Å²) in [5.74, 6) is 0. The standard InChI is InChI=1S/C8H7S/c1-7-4-2-3-5-8(7)6-9/h3-6H,1H3. The van der Waals surface area contributed by atoms with Crippen LogP contribution in [0.5, 0.6) is 0 Å². The third-order valence-corrected chi connectivity index (χ3v) is 1.50. The van der Waals surface area contributed by atoms with Crippen LogP contribution in [0.1, 0.15) is 11.1 Å². The smallest absolute Gasteiger partial charge is 0.00887 e. The van der Waals surface area contributed by atoms with Gasteiger partial charge in [0.25, 0.3) is 0 Å². The highest BCUT2D eigenvalue weighted by molar-refractivity contribution is 7.79. The lowest BCUT2D eigenvalue weighted by molar-refractivity contribution is 1.45. The van der Waals surface area contributed by atoms with E-state index < -0.39 is 0 Å². The fourth-order valence-electron chi connectivity index (χ4n) is 0.658. The lowest BCUT2D eigenvalue weighted by Crippen LogP contribution is -1.81. The average molecular weight is 135 g/mol. The molecular weight excluding hydrogens is 128 g/mol. The molecule has 0 heterocycles. The lowest BCUT2D eigenvalue weighted by atomic mass is 10.1. The van der Waals surface area contributed by atoms with Crippen molar-refractivity contribution in [1.29, 1.82) is 0 Å². The highest BCUT2D eigenvalue weighted by Crippen LogP contribution is 2.02. The molecule has 0 N–H and O–H groups in total. The molecule has 9 heavy (non-hydrogen) atoms. The summed E-state index contributed by atoms with van der Waals surface area (Å²) in [5.41, 5.74) is 2.30. The largest absolute Gasteiger partial charge is 0.0881 e. The van der Waals surface area contributed by atoms with E-state index in [-0.39, 0.29) is 0 Å². The molecule has 0 aromatic heterocycles.